The third-order valence-electron chi connectivity index (χ3n) is 3.13. The van der Waals surface area contributed by atoms with E-state index in [1.807, 2.05) is 6.20 Å². The van der Waals surface area contributed by atoms with Crippen molar-refractivity contribution in [3.05, 3.63) is 11.1 Å². The number of piperidine rings is 1. The Labute approximate surface area is 112 Å². The Morgan fingerprint density at radius 1 is 1.44 bits per heavy atom. The second-order valence-electron chi connectivity index (χ2n) is 4.50. The average molecular weight is 271 g/mol. The largest absolute Gasteiger partial charge is 0.382 e. The van der Waals surface area contributed by atoms with Gasteiger partial charge in [-0.2, -0.15) is 0 Å². The average Bonchev–Trinajstić information content (AvgIpc) is 2.77. The van der Waals surface area contributed by atoms with Crippen molar-refractivity contribution in [2.24, 2.45) is 0 Å². The van der Waals surface area contributed by atoms with Gasteiger partial charge in [0.15, 0.2) is 5.13 Å². The Balaban J connectivity index is 1.67. The Kier molecular flexibility index (Phi) is 5.37. The van der Waals surface area contributed by atoms with E-state index in [0.29, 0.717) is 24.4 Å². The molecule has 2 N–H and O–H groups in total. The highest BCUT2D eigenvalue weighted by Gasteiger charge is 2.20. The molecule has 1 aromatic heterocycles. The van der Waals surface area contributed by atoms with Crippen molar-refractivity contribution in [2.45, 2.75) is 25.5 Å². The molecule has 0 amide bonds. The van der Waals surface area contributed by atoms with Crippen LogP contribution in [0.15, 0.2) is 6.20 Å². The predicted octanol–water partition coefficient (Wildman–Crippen LogP) is 1.35. The fraction of sp³-hybridized carbons (Fsp3) is 0.750. The number of hydrogen-bond donors (Lipinski definition) is 1. The Bertz CT molecular complexity index is 351. The minimum absolute atomic E-state index is 0.392. The molecule has 0 atom stereocenters. The molecule has 0 aromatic carbocycles. The molecule has 0 spiro atoms. The van der Waals surface area contributed by atoms with Crippen LogP contribution in [-0.2, 0) is 16.0 Å². The first-order valence-corrected chi connectivity index (χ1v) is 7.12. The number of thiazole rings is 1. The predicted molar refractivity (Wildman–Crippen MR) is 72.7 cm³/mol. The summed E-state index contributed by atoms with van der Waals surface area (Å²) in [6.07, 6.45) is 4.46. The first-order valence-electron chi connectivity index (χ1n) is 6.31. The van der Waals surface area contributed by atoms with E-state index in [-0.39, 0.29) is 0 Å². The van der Waals surface area contributed by atoms with Crippen LogP contribution in [0.4, 0.5) is 5.13 Å². The van der Waals surface area contributed by atoms with Crippen LogP contribution in [0, 0.1) is 0 Å². The molecule has 1 aliphatic heterocycles. The number of ether oxygens (including phenoxy) is 2. The summed E-state index contributed by atoms with van der Waals surface area (Å²) in [6.45, 7) is 4.50. The SMILES string of the molecule is COCCOC1CCN(Cc2cnc(N)s2)CC1. The molecule has 0 bridgehead atoms. The van der Waals surface area contributed by atoms with E-state index in [1.54, 1.807) is 18.4 Å². The molecule has 2 heterocycles. The van der Waals surface area contributed by atoms with Crippen LogP contribution in [0.5, 0.6) is 0 Å². The highest BCUT2D eigenvalue weighted by atomic mass is 32.1. The summed E-state index contributed by atoms with van der Waals surface area (Å²) in [6, 6.07) is 0. The zero-order chi connectivity index (χ0) is 12.8. The third kappa shape index (κ3) is 4.20. The summed E-state index contributed by atoms with van der Waals surface area (Å²) >= 11 is 1.58. The lowest BCUT2D eigenvalue weighted by atomic mass is 10.1. The first-order chi connectivity index (χ1) is 8.78. The van der Waals surface area contributed by atoms with Gasteiger partial charge in [-0.3, -0.25) is 4.90 Å². The second-order valence-corrected chi connectivity index (χ2v) is 5.65. The Morgan fingerprint density at radius 3 is 2.83 bits per heavy atom. The summed E-state index contributed by atoms with van der Waals surface area (Å²) < 4.78 is 10.7. The van der Waals surface area contributed by atoms with Crippen LogP contribution in [0.3, 0.4) is 0 Å². The van der Waals surface area contributed by atoms with Crippen molar-refractivity contribution in [3.63, 3.8) is 0 Å². The summed E-state index contributed by atoms with van der Waals surface area (Å²) in [5.74, 6) is 0. The van der Waals surface area contributed by atoms with Gasteiger partial charge in [-0.05, 0) is 12.8 Å². The van der Waals surface area contributed by atoms with Crippen LogP contribution in [0.1, 0.15) is 17.7 Å². The molecule has 5 nitrogen and oxygen atoms in total. The number of aromatic nitrogens is 1. The molecule has 2 rings (SSSR count). The molecule has 1 saturated heterocycles. The number of likely N-dealkylation sites (tertiary alicyclic amines) is 1. The number of nitrogen functional groups attached to an aromatic ring is 1. The Morgan fingerprint density at radius 2 is 2.22 bits per heavy atom. The number of nitrogens with two attached hydrogens (primary N) is 1. The van der Waals surface area contributed by atoms with Crippen molar-refractivity contribution < 1.29 is 9.47 Å². The van der Waals surface area contributed by atoms with Gasteiger partial charge in [0.1, 0.15) is 0 Å². The van der Waals surface area contributed by atoms with Crippen molar-refractivity contribution in [2.75, 3.05) is 39.1 Å². The molecule has 1 aliphatic rings. The lowest BCUT2D eigenvalue weighted by Gasteiger charge is -2.31. The number of rotatable bonds is 6. The summed E-state index contributed by atoms with van der Waals surface area (Å²) in [5.41, 5.74) is 5.63. The minimum Gasteiger partial charge on any atom is -0.382 e. The summed E-state index contributed by atoms with van der Waals surface area (Å²) in [4.78, 5) is 7.75. The van der Waals surface area contributed by atoms with Gasteiger partial charge in [-0.15, -0.1) is 11.3 Å². The standard InChI is InChI=1S/C12H21N3O2S/c1-16-6-7-17-10-2-4-15(5-3-10)9-11-8-14-12(13)18-11/h8,10H,2-7,9H2,1H3,(H2,13,14). The number of methoxy groups -OCH3 is 1. The lowest BCUT2D eigenvalue weighted by Crippen LogP contribution is -2.36. The van der Waals surface area contributed by atoms with Gasteiger partial charge in [-0.1, -0.05) is 0 Å². The van der Waals surface area contributed by atoms with E-state index < -0.39 is 0 Å². The van der Waals surface area contributed by atoms with Gasteiger partial charge in [0.05, 0.1) is 19.3 Å². The molecule has 6 heteroatoms. The van der Waals surface area contributed by atoms with E-state index in [1.165, 1.54) is 4.88 Å². The molecule has 1 aromatic rings. The lowest BCUT2D eigenvalue weighted by molar-refractivity contribution is -0.0156. The quantitative estimate of drug-likeness (QED) is 0.791. The number of nitrogens with zero attached hydrogens (tertiary/aromatic N) is 2. The van der Waals surface area contributed by atoms with Crippen LogP contribution >= 0.6 is 11.3 Å². The van der Waals surface area contributed by atoms with Gasteiger partial charge >= 0.3 is 0 Å². The zero-order valence-corrected chi connectivity index (χ0v) is 11.6. The van der Waals surface area contributed by atoms with Crippen LogP contribution in [0.25, 0.3) is 0 Å². The smallest absolute Gasteiger partial charge is 0.180 e. The third-order valence-corrected chi connectivity index (χ3v) is 3.94. The van der Waals surface area contributed by atoms with Crippen LogP contribution in [-0.4, -0.2) is 49.4 Å². The fourth-order valence-corrected chi connectivity index (χ4v) is 2.87. The maximum atomic E-state index is 5.74. The summed E-state index contributed by atoms with van der Waals surface area (Å²) in [7, 11) is 1.70. The highest BCUT2D eigenvalue weighted by Crippen LogP contribution is 2.20. The minimum atomic E-state index is 0.392. The molecule has 18 heavy (non-hydrogen) atoms. The van der Waals surface area contributed by atoms with Gasteiger partial charge in [0.25, 0.3) is 0 Å². The Hall–Kier alpha value is -0.690. The molecular formula is C12H21N3O2S. The number of anilines is 1. The normalized spacial score (nSPS) is 18.3. The van der Waals surface area contributed by atoms with Crippen molar-refractivity contribution in [3.8, 4) is 0 Å². The summed E-state index contributed by atoms with van der Waals surface area (Å²) in [5, 5.41) is 0.655. The zero-order valence-electron chi connectivity index (χ0n) is 10.8. The molecule has 0 radical (unpaired) electrons. The molecule has 102 valence electrons. The van der Waals surface area contributed by atoms with Crippen molar-refractivity contribution in [1.82, 2.24) is 9.88 Å². The van der Waals surface area contributed by atoms with Crippen LogP contribution in [0.2, 0.25) is 0 Å². The highest BCUT2D eigenvalue weighted by molar-refractivity contribution is 7.15. The van der Waals surface area contributed by atoms with E-state index in [4.69, 9.17) is 15.2 Å². The van der Waals surface area contributed by atoms with Gasteiger partial charge in [-0.25, -0.2) is 4.98 Å². The maximum absolute atomic E-state index is 5.74. The molecular weight excluding hydrogens is 250 g/mol. The first kappa shape index (κ1) is 13.7. The molecule has 1 fully saturated rings. The second kappa shape index (κ2) is 7.04. The molecule has 0 aliphatic carbocycles. The van der Waals surface area contributed by atoms with Gasteiger partial charge in [0, 0.05) is 37.8 Å². The monoisotopic (exact) mass is 271 g/mol. The van der Waals surface area contributed by atoms with Crippen molar-refractivity contribution >= 4 is 16.5 Å². The van der Waals surface area contributed by atoms with Crippen LogP contribution < -0.4 is 5.73 Å². The van der Waals surface area contributed by atoms with E-state index in [9.17, 15) is 0 Å². The molecule has 0 saturated carbocycles. The maximum Gasteiger partial charge on any atom is 0.180 e. The fourth-order valence-electron chi connectivity index (χ4n) is 2.15. The van der Waals surface area contributed by atoms with E-state index in [2.05, 4.69) is 9.88 Å². The van der Waals surface area contributed by atoms with Crippen molar-refractivity contribution in [1.29, 1.82) is 0 Å². The van der Waals surface area contributed by atoms with Gasteiger partial charge in [0.2, 0.25) is 0 Å². The van der Waals surface area contributed by atoms with E-state index in [0.717, 1.165) is 32.5 Å². The topological polar surface area (TPSA) is 60.6 Å². The molecule has 0 unspecified atom stereocenters. The van der Waals surface area contributed by atoms with E-state index >= 15 is 0 Å². The van der Waals surface area contributed by atoms with Gasteiger partial charge < -0.3 is 15.2 Å². The number of hydrogen-bond acceptors (Lipinski definition) is 6.